The third kappa shape index (κ3) is 9.20. The van der Waals surface area contributed by atoms with Crippen molar-refractivity contribution in [1.82, 2.24) is 15.3 Å². The van der Waals surface area contributed by atoms with Crippen LogP contribution in [0.1, 0.15) is 81.4 Å². The first-order chi connectivity index (χ1) is 26.3. The van der Waals surface area contributed by atoms with Gasteiger partial charge in [-0.25, -0.2) is 9.59 Å². The number of hydrogen-bond acceptors (Lipinski definition) is 9. The van der Waals surface area contributed by atoms with E-state index in [4.69, 9.17) is 19.0 Å². The quantitative estimate of drug-likeness (QED) is 0.217. The molecule has 5 rings (SSSR count). The fourth-order valence-electron chi connectivity index (χ4n) is 6.82. The number of alkyl carbamates (subject to hydrolysis) is 1. The van der Waals surface area contributed by atoms with Crippen LogP contribution in [0.3, 0.4) is 0 Å². The number of nitrogens with one attached hydrogen (secondary N) is 1. The van der Waals surface area contributed by atoms with Crippen molar-refractivity contribution in [2.45, 2.75) is 84.9 Å². The molecule has 56 heavy (non-hydrogen) atoms. The average molecular weight is 783 g/mol. The predicted molar refractivity (Wildman–Crippen MR) is 201 cm³/mol. The van der Waals surface area contributed by atoms with Crippen molar-refractivity contribution in [2.24, 2.45) is 5.41 Å². The summed E-state index contributed by atoms with van der Waals surface area (Å²) >= 11 is 0. The Labute approximate surface area is 324 Å². The summed E-state index contributed by atoms with van der Waals surface area (Å²) in [5.74, 6) is -2.10. The molecule has 0 aliphatic carbocycles. The van der Waals surface area contributed by atoms with Crippen LogP contribution in [0.4, 0.5) is 23.7 Å². The number of carbonyl (C=O) groups excluding carboxylic acids is 4. The number of hydrogen-bond donors (Lipinski definition) is 1. The largest absolute Gasteiger partial charge is 0.496 e. The zero-order chi connectivity index (χ0) is 41.0. The minimum Gasteiger partial charge on any atom is -0.496 e. The van der Waals surface area contributed by atoms with Gasteiger partial charge in [-0.05, 0) is 78.1 Å². The monoisotopic (exact) mass is 782 g/mol. The van der Waals surface area contributed by atoms with Crippen LogP contribution in [0.5, 0.6) is 11.5 Å². The van der Waals surface area contributed by atoms with Gasteiger partial charge in [-0.15, -0.1) is 5.06 Å². The number of benzene rings is 3. The number of carbonyl (C=O) groups is 4. The summed E-state index contributed by atoms with van der Waals surface area (Å²) in [6, 6.07) is 16.1. The van der Waals surface area contributed by atoms with Crippen molar-refractivity contribution < 1.29 is 51.4 Å². The Hall–Kier alpha value is -5.31. The molecule has 1 N–H and O–H groups in total. The standard InChI is InChI=1S/C41H49F3N4O8/c1-26(2)48(28-16-13-20-46(24-28)56-37(51)39(3,4)5)35(49)29-22-32-34(23-31(29)41(42,43)44)55-40(6,30-17-11-12-18-33(30)53-7)36(50)47(32)21-19-45-38(52)54-25-27-14-9-8-10-15-27/h8-12,14-15,17-18,22-23,26,28H,13,16,19-21,24-25H2,1-7H3,(H,45,52)/t28-,40?/m1/s1. The van der Waals surface area contributed by atoms with Gasteiger partial charge in [-0.2, -0.15) is 13.2 Å². The third-order valence-electron chi connectivity index (χ3n) is 9.70. The molecule has 2 aliphatic rings. The lowest BCUT2D eigenvalue weighted by Gasteiger charge is -2.43. The summed E-state index contributed by atoms with van der Waals surface area (Å²) in [5, 5.41) is 4.05. The summed E-state index contributed by atoms with van der Waals surface area (Å²) < 4.78 is 62.2. The van der Waals surface area contributed by atoms with Gasteiger partial charge in [0.15, 0.2) is 0 Å². The lowest BCUT2D eigenvalue weighted by atomic mass is 9.90. The predicted octanol–water partition coefficient (Wildman–Crippen LogP) is 7.10. The molecule has 0 radical (unpaired) electrons. The van der Waals surface area contributed by atoms with E-state index in [0.717, 1.165) is 17.7 Å². The summed E-state index contributed by atoms with van der Waals surface area (Å²) in [5.41, 5.74) is -3.69. The molecule has 15 heteroatoms. The van der Waals surface area contributed by atoms with Crippen molar-refractivity contribution in [3.63, 3.8) is 0 Å². The molecule has 0 aromatic heterocycles. The minimum absolute atomic E-state index is 0.00627. The topological polar surface area (TPSA) is 127 Å². The Morgan fingerprint density at radius 3 is 2.36 bits per heavy atom. The van der Waals surface area contributed by atoms with Gasteiger partial charge in [0, 0.05) is 37.3 Å². The van der Waals surface area contributed by atoms with Crippen molar-refractivity contribution in [1.29, 1.82) is 0 Å². The smallest absolute Gasteiger partial charge is 0.417 e. The van der Waals surface area contributed by atoms with Gasteiger partial charge < -0.3 is 34.2 Å². The molecule has 2 aliphatic heterocycles. The van der Waals surface area contributed by atoms with E-state index in [2.05, 4.69) is 5.32 Å². The molecule has 12 nitrogen and oxygen atoms in total. The van der Waals surface area contributed by atoms with E-state index in [1.54, 1.807) is 83.1 Å². The highest BCUT2D eigenvalue weighted by Gasteiger charge is 2.50. The number of methoxy groups -OCH3 is 1. The number of rotatable bonds is 11. The first-order valence-electron chi connectivity index (χ1n) is 18.5. The highest BCUT2D eigenvalue weighted by Crippen LogP contribution is 2.48. The van der Waals surface area contributed by atoms with Crippen molar-refractivity contribution >= 4 is 29.6 Å². The summed E-state index contributed by atoms with van der Waals surface area (Å²) in [6.07, 6.45) is -4.80. The minimum atomic E-state index is -5.01. The van der Waals surface area contributed by atoms with Crippen LogP contribution in [0.2, 0.25) is 0 Å². The third-order valence-corrected chi connectivity index (χ3v) is 9.70. The van der Waals surface area contributed by atoms with Gasteiger partial charge in [0.1, 0.15) is 18.1 Å². The Morgan fingerprint density at radius 2 is 1.71 bits per heavy atom. The Morgan fingerprint density at radius 1 is 1.04 bits per heavy atom. The van der Waals surface area contributed by atoms with Crippen LogP contribution < -0.4 is 19.7 Å². The number of amides is 3. The first-order valence-corrected chi connectivity index (χ1v) is 18.5. The number of ether oxygens (including phenoxy) is 3. The number of anilines is 1. The van der Waals surface area contributed by atoms with E-state index in [1.807, 2.05) is 6.07 Å². The molecular formula is C41H49F3N4O8. The average Bonchev–Trinajstić information content (AvgIpc) is 3.14. The van der Waals surface area contributed by atoms with Crippen LogP contribution in [-0.2, 0) is 37.5 Å². The first kappa shape index (κ1) is 41.8. The van der Waals surface area contributed by atoms with Gasteiger partial charge in [0.25, 0.3) is 11.8 Å². The molecule has 0 bridgehead atoms. The molecule has 3 aromatic rings. The van der Waals surface area contributed by atoms with Crippen LogP contribution in [0.15, 0.2) is 66.7 Å². The van der Waals surface area contributed by atoms with Crippen molar-refractivity contribution in [3.8, 4) is 11.5 Å². The number of nitrogens with zero attached hydrogens (tertiary/aromatic N) is 3. The van der Waals surface area contributed by atoms with E-state index in [1.165, 1.54) is 28.9 Å². The molecule has 302 valence electrons. The number of halogens is 3. The van der Waals surface area contributed by atoms with E-state index >= 15 is 13.2 Å². The summed E-state index contributed by atoms with van der Waals surface area (Å²) in [6.45, 7) is 10.1. The fourth-order valence-corrected chi connectivity index (χ4v) is 6.82. The second kappa shape index (κ2) is 16.8. The molecule has 0 saturated carbocycles. The lowest BCUT2D eigenvalue weighted by molar-refractivity contribution is -0.208. The normalized spacial score (nSPS) is 18.8. The van der Waals surface area contributed by atoms with Gasteiger partial charge in [-0.1, -0.05) is 48.5 Å². The molecular weight excluding hydrogens is 733 g/mol. The maximum atomic E-state index is 15.0. The van der Waals surface area contributed by atoms with Crippen molar-refractivity contribution in [2.75, 3.05) is 38.2 Å². The molecule has 0 spiro atoms. The van der Waals surface area contributed by atoms with Gasteiger partial charge >= 0.3 is 18.2 Å². The molecule has 1 unspecified atom stereocenters. The summed E-state index contributed by atoms with van der Waals surface area (Å²) in [4.78, 5) is 62.6. The zero-order valence-corrected chi connectivity index (χ0v) is 32.7. The highest BCUT2D eigenvalue weighted by atomic mass is 19.4. The highest BCUT2D eigenvalue weighted by molar-refractivity contribution is 6.06. The number of alkyl halides is 3. The molecule has 2 atom stereocenters. The Balaban J connectivity index is 1.52. The SMILES string of the molecule is COc1ccccc1C1(C)Oc2cc(C(F)(F)F)c(C(=O)N(C(C)C)[C@@H]3CCCN(OC(=O)C(C)(C)C)C3)cc2N(CCNC(=O)OCc2ccccc2)C1=O. The van der Waals surface area contributed by atoms with Crippen molar-refractivity contribution in [3.05, 3.63) is 89.0 Å². The summed E-state index contributed by atoms with van der Waals surface area (Å²) in [7, 11) is 1.40. The Kier molecular flexibility index (Phi) is 12.6. The van der Waals surface area contributed by atoms with E-state index in [9.17, 15) is 19.2 Å². The lowest BCUT2D eigenvalue weighted by Crippen LogP contribution is -2.55. The number of piperidine rings is 1. The number of hydroxylamine groups is 2. The molecule has 3 amide bonds. The van der Waals surface area contributed by atoms with Gasteiger partial charge in [0.2, 0.25) is 5.60 Å². The van der Waals surface area contributed by atoms with Crippen LogP contribution in [0.25, 0.3) is 0 Å². The van der Waals surface area contributed by atoms with Crippen LogP contribution in [0, 0.1) is 5.41 Å². The van der Waals surface area contributed by atoms with Crippen LogP contribution in [-0.4, -0.2) is 79.2 Å². The molecule has 1 fully saturated rings. The Bertz CT molecular complexity index is 1920. The molecule has 1 saturated heterocycles. The maximum absolute atomic E-state index is 15.0. The molecule has 2 heterocycles. The number of fused-ring (bicyclic) bond motifs is 1. The van der Waals surface area contributed by atoms with Gasteiger partial charge in [-0.3, -0.25) is 9.59 Å². The number of para-hydroxylation sites is 1. The second-order valence-corrected chi connectivity index (χ2v) is 15.3. The second-order valence-electron chi connectivity index (χ2n) is 15.3. The van der Waals surface area contributed by atoms with E-state index in [0.29, 0.717) is 19.4 Å². The fraction of sp³-hybridized carbons (Fsp3) is 0.463. The van der Waals surface area contributed by atoms with Crippen LogP contribution >= 0.6 is 0 Å². The van der Waals surface area contributed by atoms with E-state index < -0.39 is 64.3 Å². The molecule has 3 aromatic carbocycles. The van der Waals surface area contributed by atoms with E-state index in [-0.39, 0.29) is 49.0 Å². The maximum Gasteiger partial charge on any atom is 0.417 e. The van der Waals surface area contributed by atoms with Gasteiger partial charge in [0.05, 0.1) is 35.9 Å². The zero-order valence-electron chi connectivity index (χ0n) is 32.7.